The van der Waals surface area contributed by atoms with E-state index in [9.17, 15) is 0 Å². The van der Waals surface area contributed by atoms with Crippen molar-refractivity contribution in [1.29, 1.82) is 0 Å². The molecule has 36 heavy (non-hydrogen) atoms. The molecule has 5 N–H and O–H groups in total. The van der Waals surface area contributed by atoms with Gasteiger partial charge >= 0.3 is 0 Å². The first kappa shape index (κ1) is 30.2. The molecule has 3 aliphatic rings. The van der Waals surface area contributed by atoms with Crippen LogP contribution in [0.5, 0.6) is 0 Å². The molecule has 3 fully saturated rings. The summed E-state index contributed by atoms with van der Waals surface area (Å²) >= 11 is 0. The fourth-order valence-corrected chi connectivity index (χ4v) is 7.30. The van der Waals surface area contributed by atoms with Crippen LogP contribution < -0.4 is 26.7 Å². The number of rotatable bonds is 15. The van der Waals surface area contributed by atoms with Gasteiger partial charge in [0.2, 0.25) is 0 Å². The molecule has 0 radical (unpaired) electrons. The van der Waals surface area contributed by atoms with Gasteiger partial charge in [0.05, 0.1) is 6.61 Å². The standard InChI is InChI=1S/C28H59N7O/c1-7-29-26-19-21-35(30-20-22-36-6)28(33-25-17-13-14-18-25,32-24-15-11-10-12-16-24)27(26,31-23(4)5)34(8-2)9-3/h23-26,29-33H,7-22H2,1-6H3. The van der Waals surface area contributed by atoms with E-state index in [1.807, 2.05) is 0 Å². The summed E-state index contributed by atoms with van der Waals surface area (Å²) in [6, 6.07) is 1.65. The van der Waals surface area contributed by atoms with Crippen LogP contribution in [0.1, 0.15) is 98.8 Å². The normalized spacial score (nSPS) is 31.2. The molecule has 8 heteroatoms. The molecule has 2 saturated carbocycles. The first-order chi connectivity index (χ1) is 17.5. The summed E-state index contributed by atoms with van der Waals surface area (Å²) in [4.78, 5) is 2.70. The van der Waals surface area contributed by atoms with Gasteiger partial charge in [-0.05, 0) is 65.6 Å². The van der Waals surface area contributed by atoms with Crippen molar-refractivity contribution in [2.75, 3.05) is 46.4 Å². The van der Waals surface area contributed by atoms with Gasteiger partial charge in [-0.3, -0.25) is 20.9 Å². The molecule has 8 nitrogen and oxygen atoms in total. The Hall–Kier alpha value is -0.320. The van der Waals surface area contributed by atoms with Crippen LogP contribution in [0.2, 0.25) is 0 Å². The molecule has 212 valence electrons. The van der Waals surface area contributed by atoms with Gasteiger partial charge in [-0.2, -0.15) is 0 Å². The number of hydrazine groups is 1. The summed E-state index contributed by atoms with van der Waals surface area (Å²) in [5, 5.41) is 19.5. The second-order valence-corrected chi connectivity index (χ2v) is 11.5. The molecular formula is C28H59N7O. The second-order valence-electron chi connectivity index (χ2n) is 11.5. The Morgan fingerprint density at radius 1 is 0.889 bits per heavy atom. The van der Waals surface area contributed by atoms with Gasteiger partial charge in [0.1, 0.15) is 5.66 Å². The van der Waals surface area contributed by atoms with Crippen LogP contribution in [-0.2, 0) is 4.74 Å². The van der Waals surface area contributed by atoms with Crippen molar-refractivity contribution in [2.45, 2.75) is 134 Å². The van der Waals surface area contributed by atoms with E-state index >= 15 is 0 Å². The maximum Gasteiger partial charge on any atom is 0.173 e. The maximum atomic E-state index is 5.48. The highest BCUT2D eigenvalue weighted by molar-refractivity contribution is 5.18. The number of ether oxygens (including phenoxy) is 1. The number of methoxy groups -OCH3 is 1. The van der Waals surface area contributed by atoms with Crippen LogP contribution in [-0.4, -0.2) is 92.0 Å². The molecular weight excluding hydrogens is 450 g/mol. The minimum absolute atomic E-state index is 0.301. The Bertz CT molecular complexity index is 607. The minimum Gasteiger partial charge on any atom is -0.383 e. The number of hydrogen-bond acceptors (Lipinski definition) is 8. The molecule has 0 bridgehead atoms. The highest BCUT2D eigenvalue weighted by Crippen LogP contribution is 2.40. The molecule has 0 amide bonds. The van der Waals surface area contributed by atoms with Crippen molar-refractivity contribution in [3.8, 4) is 0 Å². The van der Waals surface area contributed by atoms with Gasteiger partial charge < -0.3 is 10.1 Å². The SMILES string of the molecule is CCNC1CCN(NCCOC)C(NC2CCCCC2)(NC2CCCC2)C1(NC(C)C)N(CC)CC. The van der Waals surface area contributed by atoms with E-state index in [-0.39, 0.29) is 5.66 Å². The quantitative estimate of drug-likeness (QED) is 0.170. The lowest BCUT2D eigenvalue weighted by Crippen LogP contribution is -2.95. The lowest BCUT2D eigenvalue weighted by molar-refractivity contribution is -0.203. The Balaban J connectivity index is 2.20. The Kier molecular flexibility index (Phi) is 12.4. The summed E-state index contributed by atoms with van der Waals surface area (Å²) in [6.07, 6.45) is 12.7. The van der Waals surface area contributed by atoms with Crippen LogP contribution in [0.4, 0.5) is 0 Å². The Morgan fingerprint density at radius 3 is 1.97 bits per heavy atom. The van der Waals surface area contributed by atoms with E-state index < -0.39 is 5.79 Å². The van der Waals surface area contributed by atoms with Gasteiger partial charge in [0.15, 0.2) is 5.79 Å². The lowest BCUT2D eigenvalue weighted by Gasteiger charge is -2.67. The van der Waals surface area contributed by atoms with Crippen LogP contribution in [0.15, 0.2) is 0 Å². The second kappa shape index (κ2) is 14.7. The van der Waals surface area contributed by atoms with Crippen LogP contribution in [0.3, 0.4) is 0 Å². The van der Waals surface area contributed by atoms with Gasteiger partial charge in [-0.25, -0.2) is 10.4 Å². The third-order valence-electron chi connectivity index (χ3n) is 8.72. The molecule has 2 aliphatic carbocycles. The fraction of sp³-hybridized carbons (Fsp3) is 1.00. The molecule has 0 aromatic heterocycles. The zero-order chi connectivity index (χ0) is 26.0. The van der Waals surface area contributed by atoms with E-state index in [4.69, 9.17) is 4.74 Å². The van der Waals surface area contributed by atoms with Crippen molar-refractivity contribution in [1.82, 2.24) is 36.6 Å². The van der Waals surface area contributed by atoms with Gasteiger partial charge in [-0.15, -0.1) is 0 Å². The number of nitrogens with one attached hydrogen (secondary N) is 5. The van der Waals surface area contributed by atoms with E-state index in [1.54, 1.807) is 7.11 Å². The third-order valence-corrected chi connectivity index (χ3v) is 8.72. The average molecular weight is 510 g/mol. The molecule has 0 spiro atoms. The topological polar surface area (TPSA) is 75.9 Å². The van der Waals surface area contributed by atoms with Crippen molar-refractivity contribution >= 4 is 0 Å². The van der Waals surface area contributed by atoms with Crippen LogP contribution in [0.25, 0.3) is 0 Å². The van der Waals surface area contributed by atoms with Gasteiger partial charge in [0.25, 0.3) is 0 Å². The molecule has 0 aromatic rings. The van der Waals surface area contributed by atoms with E-state index in [1.165, 1.54) is 57.8 Å². The summed E-state index contributed by atoms with van der Waals surface area (Å²) in [7, 11) is 1.80. The predicted molar refractivity (Wildman–Crippen MR) is 151 cm³/mol. The summed E-state index contributed by atoms with van der Waals surface area (Å²) in [5.74, 6) is -0.473. The first-order valence-corrected chi connectivity index (χ1v) is 15.3. The van der Waals surface area contributed by atoms with Crippen molar-refractivity contribution in [3.63, 3.8) is 0 Å². The van der Waals surface area contributed by atoms with Gasteiger partial charge in [0, 0.05) is 44.4 Å². The summed E-state index contributed by atoms with van der Waals surface area (Å²) in [5.41, 5.74) is 3.51. The largest absolute Gasteiger partial charge is 0.383 e. The van der Waals surface area contributed by atoms with E-state index in [0.717, 1.165) is 39.1 Å². The van der Waals surface area contributed by atoms with E-state index in [0.29, 0.717) is 30.8 Å². The first-order valence-electron chi connectivity index (χ1n) is 15.3. The monoisotopic (exact) mass is 509 g/mol. The molecule has 1 heterocycles. The lowest BCUT2D eigenvalue weighted by atomic mass is 9.80. The zero-order valence-electron chi connectivity index (χ0n) is 24.4. The molecule has 3 unspecified atom stereocenters. The molecule has 3 rings (SSSR count). The Labute approximate surface area is 222 Å². The number of nitrogens with zero attached hydrogens (tertiary/aromatic N) is 2. The van der Waals surface area contributed by atoms with Crippen molar-refractivity contribution < 1.29 is 4.74 Å². The fourth-order valence-electron chi connectivity index (χ4n) is 7.30. The number of hydrogen-bond donors (Lipinski definition) is 5. The van der Waals surface area contributed by atoms with Crippen LogP contribution >= 0.6 is 0 Å². The predicted octanol–water partition coefficient (Wildman–Crippen LogP) is 2.97. The smallest absolute Gasteiger partial charge is 0.173 e. The van der Waals surface area contributed by atoms with Gasteiger partial charge in [-0.1, -0.05) is 52.9 Å². The minimum atomic E-state index is -0.473. The van der Waals surface area contributed by atoms with Crippen molar-refractivity contribution in [2.24, 2.45) is 0 Å². The third kappa shape index (κ3) is 6.63. The number of likely N-dealkylation sites (N-methyl/N-ethyl adjacent to an activating group) is 2. The highest BCUT2D eigenvalue weighted by Gasteiger charge is 2.65. The molecule has 1 saturated heterocycles. The molecule has 1 aliphatic heterocycles. The zero-order valence-corrected chi connectivity index (χ0v) is 24.4. The van der Waals surface area contributed by atoms with Crippen LogP contribution in [0, 0.1) is 0 Å². The molecule has 3 atom stereocenters. The van der Waals surface area contributed by atoms with Crippen molar-refractivity contribution in [3.05, 3.63) is 0 Å². The molecule has 0 aromatic carbocycles. The Morgan fingerprint density at radius 2 is 1.47 bits per heavy atom. The summed E-state index contributed by atoms with van der Waals surface area (Å²) in [6.45, 7) is 17.0. The maximum absolute atomic E-state index is 5.48. The average Bonchev–Trinajstić information content (AvgIpc) is 3.37. The highest BCUT2D eigenvalue weighted by atomic mass is 16.5. The number of piperidine rings is 1. The summed E-state index contributed by atoms with van der Waals surface area (Å²) < 4.78 is 5.48. The van der Waals surface area contributed by atoms with E-state index in [2.05, 4.69) is 71.2 Å².